The Balaban J connectivity index is 2.62. The molecule has 0 aliphatic rings. The van der Waals surface area contributed by atoms with Crippen LogP contribution in [0.5, 0.6) is 0 Å². The highest BCUT2D eigenvalue weighted by molar-refractivity contribution is 5.74. The van der Waals surface area contributed by atoms with Gasteiger partial charge in [-0.1, -0.05) is 42.0 Å². The third-order valence-corrected chi connectivity index (χ3v) is 3.33. The van der Waals surface area contributed by atoms with Crippen LogP contribution in [0.2, 0.25) is 0 Å². The summed E-state index contributed by atoms with van der Waals surface area (Å²) in [5.74, 6) is 0. The average molecular weight is 239 g/mol. The van der Waals surface area contributed by atoms with E-state index in [1.54, 1.807) is 0 Å². The number of aryl methyl sites for hydroxylation is 3. The van der Waals surface area contributed by atoms with E-state index >= 15 is 0 Å². The Kier molecular flexibility index (Phi) is 3.83. The van der Waals surface area contributed by atoms with E-state index in [2.05, 4.69) is 62.5 Å². The Bertz CT molecular complexity index is 532. The van der Waals surface area contributed by atoms with Gasteiger partial charge in [-0.3, -0.25) is 0 Å². The number of benzene rings is 2. The van der Waals surface area contributed by atoms with Gasteiger partial charge >= 0.3 is 0 Å². The molecule has 0 aromatic heterocycles. The monoisotopic (exact) mass is 239 g/mol. The molecule has 2 rings (SSSR count). The molecule has 0 spiro atoms. The minimum Gasteiger partial charge on any atom is -0.316 e. The standard InChI is InChI=1S/C17H21N/c1-12-9-13(2)17(14(3)10-12)16-8-6-5-7-15(16)11-18-4/h5-10,18H,11H2,1-4H3. The molecule has 0 fully saturated rings. The predicted molar refractivity (Wildman–Crippen MR) is 78.9 cm³/mol. The number of nitrogens with one attached hydrogen (secondary N) is 1. The van der Waals surface area contributed by atoms with Crippen LogP contribution in [-0.2, 0) is 6.54 Å². The van der Waals surface area contributed by atoms with Gasteiger partial charge in [-0.15, -0.1) is 0 Å². The van der Waals surface area contributed by atoms with Crippen molar-refractivity contribution >= 4 is 0 Å². The van der Waals surface area contributed by atoms with Gasteiger partial charge in [-0.05, 0) is 55.6 Å². The highest BCUT2D eigenvalue weighted by Crippen LogP contribution is 2.30. The summed E-state index contributed by atoms with van der Waals surface area (Å²) in [5, 5.41) is 3.24. The Morgan fingerprint density at radius 3 is 2.17 bits per heavy atom. The molecule has 0 aliphatic heterocycles. The van der Waals surface area contributed by atoms with Gasteiger partial charge in [0.05, 0.1) is 0 Å². The summed E-state index contributed by atoms with van der Waals surface area (Å²) in [4.78, 5) is 0. The lowest BCUT2D eigenvalue weighted by Crippen LogP contribution is -2.06. The first-order valence-corrected chi connectivity index (χ1v) is 6.44. The lowest BCUT2D eigenvalue weighted by atomic mass is 9.91. The summed E-state index contributed by atoms with van der Waals surface area (Å²) in [5.41, 5.74) is 8.13. The second-order valence-corrected chi connectivity index (χ2v) is 4.96. The fourth-order valence-electron chi connectivity index (χ4n) is 2.71. The SMILES string of the molecule is CNCc1ccccc1-c1c(C)cc(C)cc1C. The van der Waals surface area contributed by atoms with Crippen LogP contribution in [-0.4, -0.2) is 7.05 Å². The molecule has 0 atom stereocenters. The van der Waals surface area contributed by atoms with Gasteiger partial charge in [0.2, 0.25) is 0 Å². The van der Waals surface area contributed by atoms with Crippen LogP contribution in [0.25, 0.3) is 11.1 Å². The molecular weight excluding hydrogens is 218 g/mol. The van der Waals surface area contributed by atoms with Crippen molar-refractivity contribution in [1.29, 1.82) is 0 Å². The topological polar surface area (TPSA) is 12.0 Å². The summed E-state index contributed by atoms with van der Waals surface area (Å²) in [6.07, 6.45) is 0. The molecule has 0 aliphatic carbocycles. The first-order valence-electron chi connectivity index (χ1n) is 6.44. The van der Waals surface area contributed by atoms with E-state index in [1.165, 1.54) is 33.4 Å². The Labute approximate surface area is 110 Å². The van der Waals surface area contributed by atoms with Gasteiger partial charge in [0, 0.05) is 6.54 Å². The normalized spacial score (nSPS) is 10.7. The zero-order chi connectivity index (χ0) is 13.1. The van der Waals surface area contributed by atoms with Crippen LogP contribution >= 0.6 is 0 Å². The number of hydrogen-bond donors (Lipinski definition) is 1. The van der Waals surface area contributed by atoms with E-state index in [9.17, 15) is 0 Å². The molecule has 1 N–H and O–H groups in total. The van der Waals surface area contributed by atoms with Crippen LogP contribution in [0.4, 0.5) is 0 Å². The Morgan fingerprint density at radius 1 is 0.944 bits per heavy atom. The van der Waals surface area contributed by atoms with Gasteiger partial charge in [0.25, 0.3) is 0 Å². The Hall–Kier alpha value is -1.60. The number of rotatable bonds is 3. The quantitative estimate of drug-likeness (QED) is 0.853. The van der Waals surface area contributed by atoms with Crippen LogP contribution in [0, 0.1) is 20.8 Å². The molecule has 0 radical (unpaired) electrons. The van der Waals surface area contributed by atoms with E-state index < -0.39 is 0 Å². The van der Waals surface area contributed by atoms with Crippen molar-refractivity contribution < 1.29 is 0 Å². The van der Waals surface area contributed by atoms with Crippen LogP contribution < -0.4 is 5.32 Å². The van der Waals surface area contributed by atoms with E-state index in [0.717, 1.165) is 6.54 Å². The molecule has 0 heterocycles. The summed E-state index contributed by atoms with van der Waals surface area (Å²) in [6, 6.07) is 13.2. The highest BCUT2D eigenvalue weighted by atomic mass is 14.8. The fourth-order valence-corrected chi connectivity index (χ4v) is 2.71. The third-order valence-electron chi connectivity index (χ3n) is 3.33. The van der Waals surface area contributed by atoms with Crippen molar-refractivity contribution in [2.24, 2.45) is 0 Å². The highest BCUT2D eigenvalue weighted by Gasteiger charge is 2.09. The first kappa shape index (κ1) is 12.8. The largest absolute Gasteiger partial charge is 0.316 e. The summed E-state index contributed by atoms with van der Waals surface area (Å²) < 4.78 is 0. The minimum atomic E-state index is 0.906. The lowest BCUT2D eigenvalue weighted by Gasteiger charge is -2.15. The lowest BCUT2D eigenvalue weighted by molar-refractivity contribution is 0.819. The van der Waals surface area contributed by atoms with Crippen LogP contribution in [0.15, 0.2) is 36.4 Å². The molecule has 2 aromatic rings. The van der Waals surface area contributed by atoms with Gasteiger partial charge in [-0.2, -0.15) is 0 Å². The van der Waals surface area contributed by atoms with Gasteiger partial charge in [-0.25, -0.2) is 0 Å². The van der Waals surface area contributed by atoms with Crippen molar-refractivity contribution in [3.05, 3.63) is 58.7 Å². The average Bonchev–Trinajstić information content (AvgIpc) is 2.30. The second-order valence-electron chi connectivity index (χ2n) is 4.96. The fraction of sp³-hybridized carbons (Fsp3) is 0.294. The van der Waals surface area contributed by atoms with Crippen molar-refractivity contribution in [2.45, 2.75) is 27.3 Å². The summed E-state index contributed by atoms with van der Waals surface area (Å²) >= 11 is 0. The molecule has 0 bridgehead atoms. The molecule has 2 aromatic carbocycles. The van der Waals surface area contributed by atoms with Crippen molar-refractivity contribution in [3.63, 3.8) is 0 Å². The minimum absolute atomic E-state index is 0.906. The van der Waals surface area contributed by atoms with E-state index in [4.69, 9.17) is 0 Å². The maximum Gasteiger partial charge on any atom is 0.0208 e. The van der Waals surface area contributed by atoms with E-state index in [-0.39, 0.29) is 0 Å². The van der Waals surface area contributed by atoms with E-state index in [1.807, 2.05) is 7.05 Å². The van der Waals surface area contributed by atoms with Crippen LogP contribution in [0.1, 0.15) is 22.3 Å². The smallest absolute Gasteiger partial charge is 0.0208 e. The van der Waals surface area contributed by atoms with Crippen molar-refractivity contribution in [1.82, 2.24) is 5.32 Å². The summed E-state index contributed by atoms with van der Waals surface area (Å²) in [7, 11) is 1.99. The maximum absolute atomic E-state index is 3.24. The van der Waals surface area contributed by atoms with Crippen molar-refractivity contribution in [3.8, 4) is 11.1 Å². The Morgan fingerprint density at radius 2 is 1.56 bits per heavy atom. The molecule has 0 saturated carbocycles. The maximum atomic E-state index is 3.24. The summed E-state index contributed by atoms with van der Waals surface area (Å²) in [6.45, 7) is 7.46. The molecule has 0 amide bonds. The van der Waals surface area contributed by atoms with Crippen LogP contribution in [0.3, 0.4) is 0 Å². The van der Waals surface area contributed by atoms with E-state index in [0.29, 0.717) is 0 Å². The molecule has 94 valence electrons. The molecule has 1 heteroatoms. The van der Waals surface area contributed by atoms with Crippen molar-refractivity contribution in [2.75, 3.05) is 7.05 Å². The number of hydrogen-bond acceptors (Lipinski definition) is 1. The van der Waals surface area contributed by atoms with Gasteiger partial charge in [0.15, 0.2) is 0 Å². The second kappa shape index (κ2) is 5.36. The third kappa shape index (κ3) is 2.46. The predicted octanol–water partition coefficient (Wildman–Crippen LogP) is 4.00. The molecule has 1 nitrogen and oxygen atoms in total. The molecule has 0 saturated heterocycles. The van der Waals surface area contributed by atoms with Gasteiger partial charge in [0.1, 0.15) is 0 Å². The zero-order valence-electron chi connectivity index (χ0n) is 11.7. The molecule has 18 heavy (non-hydrogen) atoms. The van der Waals surface area contributed by atoms with Gasteiger partial charge < -0.3 is 5.32 Å². The zero-order valence-corrected chi connectivity index (χ0v) is 11.7. The molecule has 0 unspecified atom stereocenters. The first-order chi connectivity index (χ1) is 8.63. The molecular formula is C17H21N.